The number of Topliss-reactive ketones (excluding diaryl/α,β-unsaturated/α-hetero) is 1. The predicted octanol–water partition coefficient (Wildman–Crippen LogP) is 5.44. The van der Waals surface area contributed by atoms with E-state index in [1.54, 1.807) is 31.2 Å². The van der Waals surface area contributed by atoms with Gasteiger partial charge in [-0.1, -0.05) is 35.9 Å². The highest BCUT2D eigenvalue weighted by Crippen LogP contribution is 2.46. The van der Waals surface area contributed by atoms with E-state index in [1.807, 2.05) is 0 Å². The van der Waals surface area contributed by atoms with Gasteiger partial charge in [0.1, 0.15) is 18.4 Å². The normalized spacial score (nSPS) is 17.1. The largest absolute Gasteiger partial charge is 0.350 e. The van der Waals surface area contributed by atoms with Crippen LogP contribution in [-0.4, -0.2) is 58.1 Å². The van der Waals surface area contributed by atoms with E-state index in [2.05, 4.69) is 27.3 Å². The lowest BCUT2D eigenvalue weighted by Crippen LogP contribution is -2.46. The molecule has 1 aliphatic heterocycles. The van der Waals surface area contributed by atoms with Crippen LogP contribution in [0, 0.1) is 5.82 Å². The number of allylic oxidation sites excluding steroid dienone is 1. The molecule has 14 heteroatoms. The third kappa shape index (κ3) is 6.96. The van der Waals surface area contributed by atoms with Gasteiger partial charge in [-0.15, -0.1) is 0 Å². The van der Waals surface area contributed by atoms with E-state index in [4.69, 9.17) is 11.6 Å². The lowest BCUT2D eigenvalue weighted by atomic mass is 10.0. The van der Waals surface area contributed by atoms with Gasteiger partial charge >= 0.3 is 0 Å². The molecule has 48 heavy (non-hydrogen) atoms. The maximum Gasteiger partial charge on any atom is 0.289 e. The number of aromatic nitrogens is 1. The van der Waals surface area contributed by atoms with Gasteiger partial charge in [-0.3, -0.25) is 19.2 Å². The molecule has 1 saturated heterocycles. The molecule has 1 aromatic heterocycles. The van der Waals surface area contributed by atoms with Crippen molar-refractivity contribution in [1.82, 2.24) is 20.1 Å². The molecule has 250 valence electrons. The van der Waals surface area contributed by atoms with Crippen molar-refractivity contribution < 1.29 is 32.3 Å². The third-order valence-corrected chi connectivity index (χ3v) is 8.76. The van der Waals surface area contributed by atoms with E-state index in [-0.39, 0.29) is 47.3 Å². The van der Waals surface area contributed by atoms with Crippen molar-refractivity contribution in [3.63, 3.8) is 0 Å². The van der Waals surface area contributed by atoms with E-state index in [9.17, 15) is 32.3 Å². The van der Waals surface area contributed by atoms with Gasteiger partial charge in [0.2, 0.25) is 17.6 Å². The molecule has 0 radical (unpaired) electrons. The Morgan fingerprint density at radius 2 is 1.92 bits per heavy atom. The van der Waals surface area contributed by atoms with E-state index in [0.29, 0.717) is 29.3 Å². The number of amidine groups is 1. The van der Waals surface area contributed by atoms with Crippen molar-refractivity contribution in [3.05, 3.63) is 94.1 Å². The van der Waals surface area contributed by atoms with E-state index >= 15 is 0 Å². The van der Waals surface area contributed by atoms with Crippen molar-refractivity contribution in [2.24, 2.45) is 9.98 Å². The second-order valence-electron chi connectivity index (χ2n) is 11.6. The molecule has 0 unspecified atom stereocenters. The highest BCUT2D eigenvalue weighted by atomic mass is 35.5. The standard InChI is InChI=1S/C34H32ClF3N6O4/c1-4-12-40-31(39-3)33(48)42-34(10-11-34)22-8-9-26-23(14-22)24(19(2)45)17-43(26)18-28(46)44-16-21(30(37)38)13-27(44)32(47)41-15-20-6-5-7-25(35)29(20)36/h4-9,12,14,17,27H,3,10-11,13,15-16,18H2,1-2H3,(H,41,47)(H,42,48)/b12-4-,40-31?/t27-/m0/s1. The molecule has 0 bridgehead atoms. The number of nitrogens with zero attached hydrogens (tertiary/aromatic N) is 4. The Kier molecular flexibility index (Phi) is 9.99. The van der Waals surface area contributed by atoms with Gasteiger partial charge in [-0.2, -0.15) is 8.78 Å². The van der Waals surface area contributed by atoms with Crippen LogP contribution in [0.15, 0.2) is 76.5 Å². The van der Waals surface area contributed by atoms with Gasteiger partial charge < -0.3 is 20.1 Å². The Balaban J connectivity index is 1.39. The van der Waals surface area contributed by atoms with Gasteiger partial charge in [0.15, 0.2) is 5.78 Å². The summed E-state index contributed by atoms with van der Waals surface area (Å²) in [6.07, 6.45) is 3.50. The number of aliphatic imine (C=N–C) groups is 2. The molecule has 1 saturated carbocycles. The minimum Gasteiger partial charge on any atom is -0.350 e. The highest BCUT2D eigenvalue weighted by Gasteiger charge is 2.46. The highest BCUT2D eigenvalue weighted by molar-refractivity contribution is 6.39. The monoisotopic (exact) mass is 680 g/mol. The van der Waals surface area contributed by atoms with Crippen molar-refractivity contribution in [3.8, 4) is 0 Å². The van der Waals surface area contributed by atoms with Crippen molar-refractivity contribution in [2.75, 3.05) is 6.54 Å². The Bertz CT molecular complexity index is 1930. The van der Waals surface area contributed by atoms with Crippen LogP contribution in [0.2, 0.25) is 5.02 Å². The number of ketones is 1. The van der Waals surface area contributed by atoms with Crippen LogP contribution in [-0.2, 0) is 33.0 Å². The number of carbonyl (C=O) groups excluding carboxylic acids is 4. The number of benzene rings is 2. The number of likely N-dealkylation sites (tertiary alicyclic amines) is 1. The van der Waals surface area contributed by atoms with Gasteiger partial charge in [0.25, 0.3) is 12.0 Å². The summed E-state index contributed by atoms with van der Waals surface area (Å²) in [6, 6.07) is 8.31. The molecule has 1 atom stereocenters. The maximum absolute atomic E-state index is 14.4. The number of nitrogens with one attached hydrogen (secondary N) is 2. The molecule has 5 rings (SSSR count). The first-order valence-corrected chi connectivity index (χ1v) is 15.4. The SMILES string of the molecule is C=NC(=N/C=C\C)C(=O)NC1(c2ccc3c(c2)c(C(C)=O)cn3CC(=O)N2CC(=C(F)F)C[C@H]2C(=O)NCc2cccc(Cl)c2F)CC1. The van der Waals surface area contributed by atoms with Crippen LogP contribution in [0.3, 0.4) is 0 Å². The number of carbonyl (C=O) groups is 4. The van der Waals surface area contributed by atoms with Crippen LogP contribution in [0.25, 0.3) is 10.9 Å². The Morgan fingerprint density at radius 1 is 1.17 bits per heavy atom. The summed E-state index contributed by atoms with van der Waals surface area (Å²) < 4.78 is 43.3. The first-order chi connectivity index (χ1) is 22.9. The molecule has 2 aromatic carbocycles. The number of hydrogen-bond donors (Lipinski definition) is 2. The van der Waals surface area contributed by atoms with Crippen molar-refractivity contribution in [1.29, 1.82) is 0 Å². The van der Waals surface area contributed by atoms with Gasteiger partial charge in [-0.05, 0) is 57.2 Å². The first kappa shape index (κ1) is 34.3. The Labute approximate surface area is 279 Å². The lowest BCUT2D eigenvalue weighted by molar-refractivity contribution is -0.138. The first-order valence-electron chi connectivity index (χ1n) is 15.0. The molecule has 0 spiro atoms. The van der Waals surface area contributed by atoms with Gasteiger partial charge in [0.05, 0.1) is 10.6 Å². The average Bonchev–Trinajstić information content (AvgIpc) is 3.53. The van der Waals surface area contributed by atoms with Crippen LogP contribution in [0.5, 0.6) is 0 Å². The minimum absolute atomic E-state index is 0.0919. The maximum atomic E-state index is 14.4. The summed E-state index contributed by atoms with van der Waals surface area (Å²) in [5.41, 5.74) is 0.616. The van der Waals surface area contributed by atoms with E-state index in [0.717, 1.165) is 10.5 Å². The molecule has 3 amide bonds. The number of rotatable bonds is 9. The summed E-state index contributed by atoms with van der Waals surface area (Å²) in [6.45, 7) is 5.47. The van der Waals surface area contributed by atoms with Crippen molar-refractivity contribution >= 4 is 58.6 Å². The number of hydrogen-bond acceptors (Lipinski definition) is 5. The topological polar surface area (TPSA) is 125 Å². The molecule has 1 aliphatic carbocycles. The summed E-state index contributed by atoms with van der Waals surface area (Å²) in [7, 11) is 0. The molecule has 2 N–H and O–H groups in total. The zero-order chi connectivity index (χ0) is 34.7. The lowest BCUT2D eigenvalue weighted by Gasteiger charge is -2.24. The summed E-state index contributed by atoms with van der Waals surface area (Å²) in [4.78, 5) is 61.1. The molecule has 2 aliphatic rings. The Hall–Kier alpha value is -5.04. The number of halogens is 4. The van der Waals surface area contributed by atoms with Crippen LogP contribution >= 0.6 is 11.6 Å². The molecular weight excluding hydrogens is 649 g/mol. The number of amides is 3. The Morgan fingerprint density at radius 3 is 2.56 bits per heavy atom. The molecule has 2 heterocycles. The molecular formula is C34H32ClF3N6O4. The van der Waals surface area contributed by atoms with Crippen LogP contribution < -0.4 is 10.6 Å². The van der Waals surface area contributed by atoms with E-state index < -0.39 is 47.7 Å². The second-order valence-corrected chi connectivity index (χ2v) is 12.0. The fourth-order valence-electron chi connectivity index (χ4n) is 5.79. The second kappa shape index (κ2) is 14.0. The molecule has 3 aromatic rings. The van der Waals surface area contributed by atoms with Gasteiger partial charge in [0, 0.05) is 59.5 Å². The molecule has 10 nitrogen and oxygen atoms in total. The van der Waals surface area contributed by atoms with Gasteiger partial charge in [-0.25, -0.2) is 14.4 Å². The quantitative estimate of drug-likeness (QED) is 0.177. The third-order valence-electron chi connectivity index (χ3n) is 8.47. The van der Waals surface area contributed by atoms with Crippen LogP contribution in [0.4, 0.5) is 13.2 Å². The smallest absolute Gasteiger partial charge is 0.289 e. The van der Waals surface area contributed by atoms with Crippen molar-refractivity contribution in [2.45, 2.75) is 57.8 Å². The van der Waals surface area contributed by atoms with Crippen LogP contribution in [0.1, 0.15) is 54.6 Å². The summed E-state index contributed by atoms with van der Waals surface area (Å²) in [5, 5.41) is 5.89. The molecule has 2 fully saturated rings. The fourth-order valence-corrected chi connectivity index (χ4v) is 5.98. The average molecular weight is 681 g/mol. The van der Waals surface area contributed by atoms with E-state index in [1.165, 1.54) is 42.1 Å². The predicted molar refractivity (Wildman–Crippen MR) is 175 cm³/mol. The fraction of sp³-hybridized carbons (Fsp3) is 0.294. The summed E-state index contributed by atoms with van der Waals surface area (Å²) in [5.74, 6) is -2.95. The minimum atomic E-state index is -1.98. The zero-order valence-corrected chi connectivity index (χ0v) is 26.9. The zero-order valence-electron chi connectivity index (χ0n) is 26.2. The number of fused-ring (bicyclic) bond motifs is 1. The summed E-state index contributed by atoms with van der Waals surface area (Å²) >= 11 is 5.82.